The first kappa shape index (κ1) is 14.0. The van der Waals surface area contributed by atoms with Crippen molar-refractivity contribution in [2.24, 2.45) is 17.1 Å². The smallest absolute Gasteiger partial charge is 0.00895 e. The summed E-state index contributed by atoms with van der Waals surface area (Å²) in [5, 5.41) is 0. The van der Waals surface area contributed by atoms with Crippen molar-refractivity contribution < 1.29 is 0 Å². The number of nitrogens with zero attached hydrogens (tertiary/aromatic N) is 1. The fourth-order valence-electron chi connectivity index (χ4n) is 3.59. The second kappa shape index (κ2) is 6.02. The van der Waals surface area contributed by atoms with E-state index in [1.165, 1.54) is 39.2 Å². The zero-order chi connectivity index (χ0) is 12.2. The summed E-state index contributed by atoms with van der Waals surface area (Å²) in [5.74, 6) is 1.07. The first-order chi connectivity index (χ1) is 7.65. The molecule has 0 radical (unpaired) electrons. The molecular formula is C14H30N2. The zero-order valence-corrected chi connectivity index (χ0v) is 11.6. The molecule has 2 fully saturated rings. The maximum absolute atomic E-state index is 4.50. The standard InChI is InChI=1S/C13H25N.CH5N/c1-4-11-9-13(10-11)7-5-12(6-8-13)14(2)3;1-2/h11-12H,4-10H2,1-3H3;2H2,1H3. The van der Waals surface area contributed by atoms with Gasteiger partial charge in [-0.3, -0.25) is 0 Å². The van der Waals surface area contributed by atoms with E-state index in [0.717, 1.165) is 17.4 Å². The van der Waals surface area contributed by atoms with Crippen LogP contribution < -0.4 is 5.73 Å². The first-order valence-electron chi connectivity index (χ1n) is 6.89. The van der Waals surface area contributed by atoms with Crippen LogP contribution >= 0.6 is 0 Å². The summed E-state index contributed by atoms with van der Waals surface area (Å²) >= 11 is 0. The molecule has 2 saturated carbocycles. The minimum Gasteiger partial charge on any atom is -0.333 e. The quantitative estimate of drug-likeness (QED) is 0.784. The van der Waals surface area contributed by atoms with Crippen LogP contribution in [0, 0.1) is 11.3 Å². The molecule has 2 N–H and O–H groups in total. The highest BCUT2D eigenvalue weighted by Crippen LogP contribution is 2.55. The molecule has 96 valence electrons. The topological polar surface area (TPSA) is 29.3 Å². The van der Waals surface area contributed by atoms with Crippen molar-refractivity contribution in [3.63, 3.8) is 0 Å². The Morgan fingerprint density at radius 1 is 1.12 bits per heavy atom. The first-order valence-corrected chi connectivity index (χ1v) is 6.89. The SMILES string of the molecule is CCC1CC2(CCC(N(C)C)CC2)C1.CN. The molecule has 0 amide bonds. The number of hydrogen-bond acceptors (Lipinski definition) is 2. The third-order valence-electron chi connectivity index (χ3n) is 4.77. The van der Waals surface area contributed by atoms with Crippen molar-refractivity contribution in [2.45, 2.75) is 57.9 Å². The Labute approximate surface area is 102 Å². The Hall–Kier alpha value is -0.0800. The molecule has 0 aromatic rings. The van der Waals surface area contributed by atoms with Crippen molar-refractivity contribution in [1.82, 2.24) is 4.90 Å². The van der Waals surface area contributed by atoms with E-state index in [0.29, 0.717) is 0 Å². The van der Waals surface area contributed by atoms with Crippen LogP contribution in [0.3, 0.4) is 0 Å². The van der Waals surface area contributed by atoms with Crippen LogP contribution in [0.5, 0.6) is 0 Å². The summed E-state index contributed by atoms with van der Waals surface area (Å²) in [6, 6.07) is 0.876. The summed E-state index contributed by atoms with van der Waals surface area (Å²) < 4.78 is 0. The molecule has 0 aliphatic heterocycles. The predicted molar refractivity (Wildman–Crippen MR) is 71.5 cm³/mol. The predicted octanol–water partition coefficient (Wildman–Crippen LogP) is 2.87. The molecule has 0 aromatic carbocycles. The summed E-state index contributed by atoms with van der Waals surface area (Å²) in [6.45, 7) is 2.35. The summed E-state index contributed by atoms with van der Waals surface area (Å²) in [6.07, 6.45) is 10.4. The van der Waals surface area contributed by atoms with Gasteiger partial charge in [0.25, 0.3) is 0 Å². The minimum atomic E-state index is 0.813. The van der Waals surface area contributed by atoms with E-state index in [1.807, 2.05) is 0 Å². The average molecular weight is 226 g/mol. The Balaban J connectivity index is 0.000000606. The molecule has 2 heteroatoms. The fraction of sp³-hybridized carbons (Fsp3) is 1.00. The molecule has 2 rings (SSSR count). The molecule has 0 unspecified atom stereocenters. The van der Waals surface area contributed by atoms with Crippen molar-refractivity contribution in [2.75, 3.05) is 21.1 Å². The average Bonchev–Trinajstić information content (AvgIpc) is 2.28. The Morgan fingerprint density at radius 2 is 1.62 bits per heavy atom. The van der Waals surface area contributed by atoms with Gasteiger partial charge in [0.1, 0.15) is 0 Å². The lowest BCUT2D eigenvalue weighted by Crippen LogP contribution is -2.43. The third kappa shape index (κ3) is 2.98. The fourth-order valence-corrected chi connectivity index (χ4v) is 3.59. The van der Waals surface area contributed by atoms with Gasteiger partial charge in [0.05, 0.1) is 0 Å². The normalized spacial score (nSPS) is 37.9. The third-order valence-corrected chi connectivity index (χ3v) is 4.77. The molecular weight excluding hydrogens is 196 g/mol. The monoisotopic (exact) mass is 226 g/mol. The van der Waals surface area contributed by atoms with Crippen LogP contribution in [0.15, 0.2) is 0 Å². The van der Waals surface area contributed by atoms with Crippen LogP contribution in [0.2, 0.25) is 0 Å². The maximum Gasteiger partial charge on any atom is 0.00895 e. The molecule has 0 bridgehead atoms. The minimum absolute atomic E-state index is 0.813. The van der Waals surface area contributed by atoms with Gasteiger partial charge in [0.15, 0.2) is 0 Å². The Morgan fingerprint density at radius 3 is 2.00 bits per heavy atom. The van der Waals surface area contributed by atoms with Crippen LogP contribution in [-0.4, -0.2) is 32.1 Å². The van der Waals surface area contributed by atoms with E-state index in [1.54, 1.807) is 12.8 Å². The lowest BCUT2D eigenvalue weighted by Gasteiger charge is -2.52. The van der Waals surface area contributed by atoms with Gasteiger partial charge in [0, 0.05) is 6.04 Å². The van der Waals surface area contributed by atoms with E-state index in [4.69, 9.17) is 0 Å². The van der Waals surface area contributed by atoms with Gasteiger partial charge < -0.3 is 10.6 Å². The molecule has 2 aliphatic rings. The van der Waals surface area contributed by atoms with Gasteiger partial charge in [-0.05, 0) is 71.0 Å². The van der Waals surface area contributed by atoms with Gasteiger partial charge in [-0.25, -0.2) is 0 Å². The molecule has 1 spiro atoms. The van der Waals surface area contributed by atoms with Crippen molar-refractivity contribution in [3.8, 4) is 0 Å². The summed E-state index contributed by atoms with van der Waals surface area (Å²) in [5.41, 5.74) is 5.31. The second-order valence-corrected chi connectivity index (χ2v) is 5.88. The molecule has 0 saturated heterocycles. The molecule has 0 atom stereocenters. The van der Waals surface area contributed by atoms with E-state index < -0.39 is 0 Å². The highest BCUT2D eigenvalue weighted by molar-refractivity contribution is 4.97. The van der Waals surface area contributed by atoms with Gasteiger partial charge in [-0.2, -0.15) is 0 Å². The summed E-state index contributed by atoms with van der Waals surface area (Å²) in [7, 11) is 5.97. The van der Waals surface area contributed by atoms with Crippen LogP contribution in [0.25, 0.3) is 0 Å². The van der Waals surface area contributed by atoms with Crippen LogP contribution in [0.1, 0.15) is 51.9 Å². The molecule has 0 aromatic heterocycles. The van der Waals surface area contributed by atoms with Crippen molar-refractivity contribution in [1.29, 1.82) is 0 Å². The van der Waals surface area contributed by atoms with Crippen molar-refractivity contribution in [3.05, 3.63) is 0 Å². The van der Waals surface area contributed by atoms with E-state index in [-0.39, 0.29) is 0 Å². The van der Waals surface area contributed by atoms with Gasteiger partial charge in [-0.1, -0.05) is 13.3 Å². The maximum atomic E-state index is 4.50. The molecule has 2 nitrogen and oxygen atoms in total. The molecule has 0 heterocycles. The highest BCUT2D eigenvalue weighted by Gasteiger charge is 2.45. The van der Waals surface area contributed by atoms with Gasteiger partial charge in [0.2, 0.25) is 0 Å². The Bertz CT molecular complexity index is 185. The summed E-state index contributed by atoms with van der Waals surface area (Å²) in [4.78, 5) is 2.42. The lowest BCUT2D eigenvalue weighted by atomic mass is 9.55. The van der Waals surface area contributed by atoms with Gasteiger partial charge in [-0.15, -0.1) is 0 Å². The second-order valence-electron chi connectivity index (χ2n) is 5.88. The zero-order valence-electron chi connectivity index (χ0n) is 11.6. The molecule has 16 heavy (non-hydrogen) atoms. The van der Waals surface area contributed by atoms with E-state index in [9.17, 15) is 0 Å². The van der Waals surface area contributed by atoms with E-state index in [2.05, 4.69) is 31.7 Å². The molecule has 2 aliphatic carbocycles. The lowest BCUT2D eigenvalue weighted by molar-refractivity contribution is -0.00685. The number of rotatable bonds is 2. The largest absolute Gasteiger partial charge is 0.333 e. The van der Waals surface area contributed by atoms with Crippen molar-refractivity contribution >= 4 is 0 Å². The van der Waals surface area contributed by atoms with Crippen LogP contribution in [0.4, 0.5) is 0 Å². The number of hydrogen-bond donors (Lipinski definition) is 1. The highest BCUT2D eigenvalue weighted by atomic mass is 15.1. The van der Waals surface area contributed by atoms with Crippen LogP contribution in [-0.2, 0) is 0 Å². The van der Waals surface area contributed by atoms with E-state index >= 15 is 0 Å². The Kier molecular flexibility index (Phi) is 5.26. The number of nitrogens with two attached hydrogens (primary N) is 1. The van der Waals surface area contributed by atoms with Gasteiger partial charge >= 0.3 is 0 Å².